The minimum absolute atomic E-state index is 0.641. The normalized spacial score (nSPS) is 17.7. The molecular formula is C16H22N4OS. The number of hydrogen-bond acceptors (Lipinski definition) is 6. The lowest BCUT2D eigenvalue weighted by molar-refractivity contribution is 0.0164. The van der Waals surface area contributed by atoms with E-state index in [2.05, 4.69) is 19.9 Å². The molecule has 1 saturated heterocycles. The average molecular weight is 318 g/mol. The maximum atomic E-state index is 10.8. The van der Waals surface area contributed by atoms with Gasteiger partial charge in [-0.1, -0.05) is 0 Å². The lowest BCUT2D eigenvalue weighted by Crippen LogP contribution is -2.46. The van der Waals surface area contributed by atoms with Crippen LogP contribution in [0.15, 0.2) is 11.4 Å². The van der Waals surface area contributed by atoms with Crippen LogP contribution < -0.4 is 4.90 Å². The molecule has 118 valence electrons. The van der Waals surface area contributed by atoms with Gasteiger partial charge < -0.3 is 10.0 Å². The molecule has 1 fully saturated rings. The second kappa shape index (κ2) is 5.93. The lowest BCUT2D eigenvalue weighted by Gasteiger charge is -2.38. The van der Waals surface area contributed by atoms with Gasteiger partial charge in [0.2, 0.25) is 0 Å². The molecule has 1 N–H and O–H groups in total. The van der Waals surface area contributed by atoms with Crippen LogP contribution in [0.25, 0.3) is 0 Å². The molecule has 1 aliphatic rings. The van der Waals surface area contributed by atoms with E-state index in [1.807, 2.05) is 32.2 Å². The summed E-state index contributed by atoms with van der Waals surface area (Å²) >= 11 is 1.64. The molecule has 5 nitrogen and oxygen atoms in total. The Balaban J connectivity index is 1.66. The summed E-state index contributed by atoms with van der Waals surface area (Å²) in [7, 11) is 0. The number of anilines is 1. The molecule has 3 heterocycles. The topological polar surface area (TPSA) is 62.1 Å². The van der Waals surface area contributed by atoms with Gasteiger partial charge in [-0.3, -0.25) is 0 Å². The average Bonchev–Trinajstić information content (AvgIpc) is 2.83. The summed E-state index contributed by atoms with van der Waals surface area (Å²) in [5, 5.41) is 13.9. The zero-order valence-electron chi connectivity index (χ0n) is 13.3. The van der Waals surface area contributed by atoms with Gasteiger partial charge in [-0.15, -0.1) is 11.3 Å². The van der Waals surface area contributed by atoms with Gasteiger partial charge in [-0.05, 0) is 33.6 Å². The van der Waals surface area contributed by atoms with Crippen LogP contribution in [-0.2, 0) is 6.42 Å². The van der Waals surface area contributed by atoms with Crippen molar-refractivity contribution in [1.29, 1.82) is 0 Å². The van der Waals surface area contributed by atoms with E-state index in [0.29, 0.717) is 6.42 Å². The highest BCUT2D eigenvalue weighted by Gasteiger charge is 2.33. The molecule has 0 amide bonds. The molecule has 0 radical (unpaired) electrons. The number of rotatable bonds is 3. The Bertz CT molecular complexity index is 642. The first-order chi connectivity index (χ1) is 10.4. The molecule has 2 aromatic heterocycles. The van der Waals surface area contributed by atoms with Gasteiger partial charge in [0.15, 0.2) is 0 Å². The summed E-state index contributed by atoms with van der Waals surface area (Å²) in [6.45, 7) is 7.53. The van der Waals surface area contributed by atoms with Crippen molar-refractivity contribution in [2.24, 2.45) is 0 Å². The van der Waals surface area contributed by atoms with E-state index < -0.39 is 5.60 Å². The Hall–Kier alpha value is -1.53. The molecule has 6 heteroatoms. The summed E-state index contributed by atoms with van der Waals surface area (Å²) in [6.07, 6.45) is 2.14. The van der Waals surface area contributed by atoms with Crippen LogP contribution in [0.3, 0.4) is 0 Å². The summed E-state index contributed by atoms with van der Waals surface area (Å²) in [6, 6.07) is 2.02. The van der Waals surface area contributed by atoms with Gasteiger partial charge in [-0.2, -0.15) is 0 Å². The van der Waals surface area contributed by atoms with Crippen LogP contribution in [0.5, 0.6) is 0 Å². The first-order valence-corrected chi connectivity index (χ1v) is 8.52. The minimum atomic E-state index is -0.641. The predicted molar refractivity (Wildman–Crippen MR) is 88.5 cm³/mol. The van der Waals surface area contributed by atoms with Crippen molar-refractivity contribution in [1.82, 2.24) is 15.0 Å². The van der Waals surface area contributed by atoms with Gasteiger partial charge in [-0.25, -0.2) is 15.0 Å². The summed E-state index contributed by atoms with van der Waals surface area (Å²) in [4.78, 5) is 15.6. The highest BCUT2D eigenvalue weighted by molar-refractivity contribution is 7.09. The quantitative estimate of drug-likeness (QED) is 0.942. The second-order valence-electron chi connectivity index (χ2n) is 6.19. The largest absolute Gasteiger partial charge is 0.389 e. The Morgan fingerprint density at radius 1 is 1.14 bits per heavy atom. The fourth-order valence-corrected chi connectivity index (χ4v) is 3.86. The van der Waals surface area contributed by atoms with Crippen LogP contribution in [0.4, 0.5) is 5.82 Å². The van der Waals surface area contributed by atoms with Crippen molar-refractivity contribution in [2.45, 2.75) is 45.6 Å². The molecule has 1 aliphatic heterocycles. The maximum Gasteiger partial charge on any atom is 0.132 e. The number of aliphatic hydroxyl groups is 1. The lowest BCUT2D eigenvalue weighted by atomic mass is 9.88. The van der Waals surface area contributed by atoms with Gasteiger partial charge in [0, 0.05) is 42.3 Å². The number of thiazole rings is 1. The van der Waals surface area contributed by atoms with Crippen molar-refractivity contribution in [3.63, 3.8) is 0 Å². The smallest absolute Gasteiger partial charge is 0.132 e. The maximum absolute atomic E-state index is 10.8. The highest BCUT2D eigenvalue weighted by Crippen LogP contribution is 2.29. The number of aryl methyl sites for hydroxylation is 3. The SMILES string of the molecule is Cc1cc(N2CCC(O)(Cc3nc(C)cs3)CC2)nc(C)n1. The third-order valence-electron chi connectivity index (χ3n) is 4.12. The van der Waals surface area contributed by atoms with Crippen molar-refractivity contribution < 1.29 is 5.11 Å². The molecule has 0 spiro atoms. The van der Waals surface area contributed by atoms with Crippen LogP contribution >= 0.6 is 11.3 Å². The molecule has 22 heavy (non-hydrogen) atoms. The zero-order valence-corrected chi connectivity index (χ0v) is 14.2. The zero-order chi connectivity index (χ0) is 15.7. The van der Waals surface area contributed by atoms with Gasteiger partial charge in [0.1, 0.15) is 11.6 Å². The Labute approximate surface area is 135 Å². The van der Waals surface area contributed by atoms with E-state index in [9.17, 15) is 5.11 Å². The number of piperidine rings is 1. The third-order valence-corrected chi connectivity index (χ3v) is 5.08. The van der Waals surface area contributed by atoms with Gasteiger partial charge in [0.05, 0.1) is 10.6 Å². The molecule has 2 aromatic rings. The monoisotopic (exact) mass is 318 g/mol. The van der Waals surface area contributed by atoms with E-state index in [1.54, 1.807) is 11.3 Å². The summed E-state index contributed by atoms with van der Waals surface area (Å²) in [5.41, 5.74) is 1.38. The number of nitrogens with zero attached hydrogens (tertiary/aromatic N) is 4. The van der Waals surface area contributed by atoms with E-state index >= 15 is 0 Å². The molecule has 0 bridgehead atoms. The fourth-order valence-electron chi connectivity index (χ4n) is 2.95. The Kier molecular flexibility index (Phi) is 4.14. The van der Waals surface area contributed by atoms with E-state index in [4.69, 9.17) is 0 Å². The molecule has 0 unspecified atom stereocenters. The minimum Gasteiger partial charge on any atom is -0.389 e. The van der Waals surface area contributed by atoms with Gasteiger partial charge in [0.25, 0.3) is 0 Å². The highest BCUT2D eigenvalue weighted by atomic mass is 32.1. The Morgan fingerprint density at radius 3 is 2.45 bits per heavy atom. The van der Waals surface area contributed by atoms with Crippen molar-refractivity contribution in [3.05, 3.63) is 33.7 Å². The van der Waals surface area contributed by atoms with E-state index in [-0.39, 0.29) is 0 Å². The van der Waals surface area contributed by atoms with Crippen molar-refractivity contribution in [2.75, 3.05) is 18.0 Å². The van der Waals surface area contributed by atoms with Crippen LogP contribution in [0.1, 0.15) is 35.1 Å². The first kappa shape index (κ1) is 15.4. The molecule has 0 saturated carbocycles. The Morgan fingerprint density at radius 2 is 1.86 bits per heavy atom. The third kappa shape index (κ3) is 3.44. The standard InChI is InChI=1S/C16H22N4OS/c1-11-8-14(19-13(3)17-11)20-6-4-16(21,5-7-20)9-15-18-12(2)10-22-15/h8,10,21H,4-7,9H2,1-3H3. The fraction of sp³-hybridized carbons (Fsp3) is 0.562. The second-order valence-corrected chi connectivity index (χ2v) is 7.13. The first-order valence-electron chi connectivity index (χ1n) is 7.64. The summed E-state index contributed by atoms with van der Waals surface area (Å²) < 4.78 is 0. The van der Waals surface area contributed by atoms with Crippen molar-refractivity contribution in [3.8, 4) is 0 Å². The molecule has 0 atom stereocenters. The van der Waals surface area contributed by atoms with Crippen molar-refractivity contribution >= 4 is 17.2 Å². The molecule has 0 aliphatic carbocycles. The summed E-state index contributed by atoms with van der Waals surface area (Å²) in [5.74, 6) is 1.77. The van der Waals surface area contributed by atoms with Gasteiger partial charge >= 0.3 is 0 Å². The van der Waals surface area contributed by atoms with Crippen LogP contribution in [0, 0.1) is 20.8 Å². The van der Waals surface area contributed by atoms with E-state index in [1.165, 1.54) is 0 Å². The number of aromatic nitrogens is 3. The molecule has 3 rings (SSSR count). The van der Waals surface area contributed by atoms with Crippen LogP contribution in [0.2, 0.25) is 0 Å². The van der Waals surface area contributed by atoms with E-state index in [0.717, 1.165) is 54.0 Å². The van der Waals surface area contributed by atoms with Crippen LogP contribution in [-0.4, -0.2) is 38.7 Å². The number of hydrogen-bond donors (Lipinski definition) is 1. The molecular weight excluding hydrogens is 296 g/mol. The molecule has 0 aromatic carbocycles. The predicted octanol–water partition coefficient (Wildman–Crippen LogP) is 2.43.